The minimum absolute atomic E-state index is 0.206. The van der Waals surface area contributed by atoms with Crippen molar-refractivity contribution in [2.45, 2.75) is 19.0 Å². The summed E-state index contributed by atoms with van der Waals surface area (Å²) in [5, 5.41) is 14.5. The van der Waals surface area contributed by atoms with Crippen molar-refractivity contribution in [2.75, 3.05) is 5.32 Å². The molecule has 0 spiro atoms. The fourth-order valence-corrected chi connectivity index (χ4v) is 3.52. The third-order valence-electron chi connectivity index (χ3n) is 4.49. The van der Waals surface area contributed by atoms with Crippen molar-refractivity contribution in [3.05, 3.63) is 70.9 Å². The molecule has 3 aromatic rings. The van der Waals surface area contributed by atoms with E-state index in [2.05, 4.69) is 33.5 Å². The molecule has 3 N–H and O–H groups in total. The number of hydrogen-bond acceptors (Lipinski definition) is 3. The Balaban J connectivity index is 1.61. The van der Waals surface area contributed by atoms with Crippen LogP contribution in [0.25, 0.3) is 10.9 Å². The number of amides is 1. The lowest BCUT2D eigenvalue weighted by molar-refractivity contribution is 0.102. The van der Waals surface area contributed by atoms with E-state index in [0.717, 1.165) is 29.6 Å². The third kappa shape index (κ3) is 2.92. The van der Waals surface area contributed by atoms with Gasteiger partial charge in [0.05, 0.1) is 17.3 Å². The van der Waals surface area contributed by atoms with Gasteiger partial charge >= 0.3 is 0 Å². The van der Waals surface area contributed by atoms with Crippen molar-refractivity contribution in [3.63, 3.8) is 0 Å². The predicted octanol–water partition coefficient (Wildman–Crippen LogP) is 4.19. The molecule has 1 amide bonds. The summed E-state index contributed by atoms with van der Waals surface area (Å²) in [6.07, 6.45) is 4.44. The zero-order chi connectivity index (χ0) is 17.4. The van der Waals surface area contributed by atoms with Crippen LogP contribution in [-0.2, 0) is 6.54 Å². The van der Waals surface area contributed by atoms with Gasteiger partial charge in [-0.05, 0) is 41.8 Å². The zero-order valence-electron chi connectivity index (χ0n) is 13.5. The molecule has 5 nitrogen and oxygen atoms in total. The summed E-state index contributed by atoms with van der Waals surface area (Å²) in [5.74, 6) is -0.206. The van der Waals surface area contributed by atoms with Crippen molar-refractivity contribution in [1.82, 2.24) is 15.5 Å². The Kier molecular flexibility index (Phi) is 4.03. The Labute approximate surface area is 150 Å². The number of H-pyrrole nitrogens is 1. The van der Waals surface area contributed by atoms with Gasteiger partial charge in [-0.25, -0.2) is 0 Å². The van der Waals surface area contributed by atoms with Gasteiger partial charge in [-0.2, -0.15) is 5.10 Å². The van der Waals surface area contributed by atoms with E-state index in [-0.39, 0.29) is 5.91 Å². The molecule has 0 saturated heterocycles. The second kappa shape index (κ2) is 6.35. The normalized spacial score (nSPS) is 16.0. The fourth-order valence-electron chi connectivity index (χ4n) is 3.30. The lowest BCUT2D eigenvalue weighted by Gasteiger charge is -2.11. The molecule has 2 aromatic carbocycles. The van der Waals surface area contributed by atoms with Crippen molar-refractivity contribution >= 4 is 34.1 Å². The highest BCUT2D eigenvalue weighted by Crippen LogP contribution is 2.30. The quantitative estimate of drug-likeness (QED) is 0.617. The summed E-state index contributed by atoms with van der Waals surface area (Å²) < 4.78 is 0. The van der Waals surface area contributed by atoms with Gasteiger partial charge in [0.1, 0.15) is 0 Å². The van der Waals surface area contributed by atoms with Crippen LogP contribution in [0.2, 0.25) is 5.02 Å². The second-order valence-corrected chi connectivity index (χ2v) is 6.55. The average Bonchev–Trinajstić information content (AvgIpc) is 3.21. The third-order valence-corrected chi connectivity index (χ3v) is 4.70. The number of nitrogens with one attached hydrogen (secondary N) is 3. The fraction of sp³-hybridized carbons (Fsp3) is 0.158. The first-order chi connectivity index (χ1) is 12.2. The van der Waals surface area contributed by atoms with Gasteiger partial charge in [-0.15, -0.1) is 6.58 Å². The number of anilines is 1. The minimum atomic E-state index is -0.206. The first-order valence-electron chi connectivity index (χ1n) is 8.07. The van der Waals surface area contributed by atoms with Crippen molar-refractivity contribution in [3.8, 4) is 0 Å². The molecule has 126 valence electrons. The van der Waals surface area contributed by atoms with Crippen LogP contribution in [0.5, 0.6) is 0 Å². The molecular formula is C19H17ClN4O. The summed E-state index contributed by atoms with van der Waals surface area (Å²) >= 11 is 6.11. The number of aromatic nitrogens is 2. The Morgan fingerprint density at radius 2 is 2.28 bits per heavy atom. The van der Waals surface area contributed by atoms with Crippen molar-refractivity contribution < 1.29 is 4.79 Å². The summed E-state index contributed by atoms with van der Waals surface area (Å²) in [6, 6.07) is 9.71. The number of carbonyl (C=O) groups is 1. The molecule has 25 heavy (non-hydrogen) atoms. The summed E-state index contributed by atoms with van der Waals surface area (Å²) in [7, 11) is 0. The van der Waals surface area contributed by atoms with E-state index >= 15 is 0 Å². The van der Waals surface area contributed by atoms with Gasteiger partial charge in [0, 0.05) is 28.7 Å². The molecule has 0 fully saturated rings. The monoisotopic (exact) mass is 352 g/mol. The number of hydrogen-bond donors (Lipinski definition) is 3. The van der Waals surface area contributed by atoms with Gasteiger partial charge in [0.25, 0.3) is 5.91 Å². The highest BCUT2D eigenvalue weighted by Gasteiger charge is 2.21. The van der Waals surface area contributed by atoms with Crippen LogP contribution in [-0.4, -0.2) is 16.1 Å². The summed E-state index contributed by atoms with van der Waals surface area (Å²) in [4.78, 5) is 12.7. The molecule has 0 unspecified atom stereocenters. The molecule has 2 heterocycles. The zero-order valence-corrected chi connectivity index (χ0v) is 14.2. The molecule has 1 aliphatic heterocycles. The van der Waals surface area contributed by atoms with Crippen LogP contribution in [0.4, 0.5) is 5.69 Å². The molecule has 6 heteroatoms. The van der Waals surface area contributed by atoms with Gasteiger partial charge in [0.15, 0.2) is 0 Å². The minimum Gasteiger partial charge on any atom is -0.322 e. The van der Waals surface area contributed by atoms with Gasteiger partial charge in [-0.3, -0.25) is 9.89 Å². The molecule has 0 bridgehead atoms. The topological polar surface area (TPSA) is 69.8 Å². The van der Waals surface area contributed by atoms with Crippen LogP contribution in [0.15, 0.2) is 49.2 Å². The summed E-state index contributed by atoms with van der Waals surface area (Å²) in [5.41, 5.74) is 4.46. The molecule has 1 aliphatic rings. The molecule has 0 saturated carbocycles. The molecule has 1 aromatic heterocycles. The number of carbonyl (C=O) groups excluding carboxylic acids is 1. The van der Waals surface area contributed by atoms with Crippen LogP contribution in [0.3, 0.4) is 0 Å². The van der Waals surface area contributed by atoms with Gasteiger partial charge in [0.2, 0.25) is 0 Å². The molecular weight excluding hydrogens is 336 g/mol. The molecule has 1 atom stereocenters. The van der Waals surface area contributed by atoms with E-state index < -0.39 is 0 Å². The van der Waals surface area contributed by atoms with Crippen molar-refractivity contribution in [2.24, 2.45) is 0 Å². The number of aromatic amines is 1. The van der Waals surface area contributed by atoms with E-state index in [0.29, 0.717) is 16.6 Å². The lowest BCUT2D eigenvalue weighted by atomic mass is 10.0. The lowest BCUT2D eigenvalue weighted by Crippen LogP contribution is -2.12. The maximum absolute atomic E-state index is 12.7. The van der Waals surface area contributed by atoms with E-state index in [1.807, 2.05) is 18.2 Å². The van der Waals surface area contributed by atoms with E-state index in [4.69, 9.17) is 11.6 Å². The second-order valence-electron chi connectivity index (χ2n) is 6.11. The number of fused-ring (bicyclic) bond motifs is 2. The van der Waals surface area contributed by atoms with Gasteiger partial charge < -0.3 is 10.6 Å². The Morgan fingerprint density at radius 3 is 3.12 bits per heavy atom. The molecule has 0 radical (unpaired) electrons. The van der Waals surface area contributed by atoms with Crippen LogP contribution >= 0.6 is 11.6 Å². The Hall–Kier alpha value is -2.63. The standard InChI is InChI=1S/C19H17ClN4O/c1-2-3-17-14-5-4-13(6-11(14)9-21-17)23-19(25)15-7-12(20)8-18-16(15)10-22-24-18/h2,4-8,10,17,21H,1,3,9H2,(H,22,24)(H,23,25)/t17-/m1/s1. The first-order valence-corrected chi connectivity index (χ1v) is 8.44. The predicted molar refractivity (Wildman–Crippen MR) is 99.9 cm³/mol. The van der Waals surface area contributed by atoms with Crippen LogP contribution < -0.4 is 10.6 Å². The Bertz CT molecular complexity index is 979. The van der Waals surface area contributed by atoms with Gasteiger partial charge in [-0.1, -0.05) is 23.7 Å². The van der Waals surface area contributed by atoms with E-state index in [1.165, 1.54) is 11.1 Å². The first kappa shape index (κ1) is 15.9. The van der Waals surface area contributed by atoms with Crippen LogP contribution in [0.1, 0.15) is 33.9 Å². The SMILES string of the molecule is C=CC[C@H]1NCc2cc(NC(=O)c3cc(Cl)cc4[nH]ncc34)ccc21. The highest BCUT2D eigenvalue weighted by atomic mass is 35.5. The highest BCUT2D eigenvalue weighted by molar-refractivity contribution is 6.32. The number of halogens is 1. The van der Waals surface area contributed by atoms with E-state index in [9.17, 15) is 4.79 Å². The number of benzene rings is 2. The largest absolute Gasteiger partial charge is 0.322 e. The number of nitrogens with zero attached hydrogens (tertiary/aromatic N) is 1. The summed E-state index contributed by atoms with van der Waals surface area (Å²) in [6.45, 7) is 4.59. The Morgan fingerprint density at radius 1 is 1.40 bits per heavy atom. The smallest absolute Gasteiger partial charge is 0.256 e. The number of rotatable bonds is 4. The average molecular weight is 353 g/mol. The maximum Gasteiger partial charge on any atom is 0.256 e. The molecule has 0 aliphatic carbocycles. The molecule has 4 rings (SSSR count). The van der Waals surface area contributed by atoms with Crippen molar-refractivity contribution in [1.29, 1.82) is 0 Å². The van der Waals surface area contributed by atoms with Crippen LogP contribution in [0, 0.1) is 0 Å². The van der Waals surface area contributed by atoms with E-state index in [1.54, 1.807) is 18.3 Å². The maximum atomic E-state index is 12.7.